The molecule has 0 fully saturated rings. The highest BCUT2D eigenvalue weighted by Gasteiger charge is 2.18. The first kappa shape index (κ1) is 15.3. The molecule has 0 radical (unpaired) electrons. The van der Waals surface area contributed by atoms with Crippen LogP contribution in [0.5, 0.6) is 5.75 Å². The summed E-state index contributed by atoms with van der Waals surface area (Å²) in [5.74, 6) is 0.129. The van der Waals surface area contributed by atoms with Crippen LogP contribution in [-0.2, 0) is 6.54 Å². The van der Waals surface area contributed by atoms with Crippen molar-refractivity contribution >= 4 is 28.7 Å². The summed E-state index contributed by atoms with van der Waals surface area (Å²) in [6.07, 6.45) is 0. The van der Waals surface area contributed by atoms with Crippen LogP contribution in [0.1, 0.15) is 5.56 Å². The fraction of sp³-hybridized carbons (Fsp3) is 0.200. The van der Waals surface area contributed by atoms with E-state index in [1.54, 1.807) is 19.1 Å². The van der Waals surface area contributed by atoms with Gasteiger partial charge in [-0.2, -0.15) is 0 Å². The van der Waals surface area contributed by atoms with Crippen LogP contribution >= 0.6 is 11.6 Å². The molecule has 4 nitrogen and oxygen atoms in total. The molecule has 0 heterocycles. The molecule has 0 amide bonds. The van der Waals surface area contributed by atoms with Gasteiger partial charge in [-0.25, -0.2) is 4.39 Å². The van der Waals surface area contributed by atoms with Crippen molar-refractivity contribution in [3.05, 3.63) is 46.7 Å². The van der Waals surface area contributed by atoms with Crippen LogP contribution in [0.15, 0.2) is 30.3 Å². The van der Waals surface area contributed by atoms with Crippen LogP contribution in [0.2, 0.25) is 5.02 Å². The van der Waals surface area contributed by atoms with Gasteiger partial charge in [0.15, 0.2) is 5.82 Å². The average Bonchev–Trinajstić information content (AvgIpc) is 2.45. The molecule has 0 aliphatic rings. The van der Waals surface area contributed by atoms with Crippen LogP contribution < -0.4 is 21.1 Å². The van der Waals surface area contributed by atoms with Crippen molar-refractivity contribution in [2.75, 3.05) is 30.5 Å². The smallest absolute Gasteiger partial charge is 0.169 e. The number of nitrogens with two attached hydrogens (primary N) is 2. The van der Waals surface area contributed by atoms with Crippen molar-refractivity contribution in [2.24, 2.45) is 0 Å². The lowest BCUT2D eigenvalue weighted by Crippen LogP contribution is -2.19. The van der Waals surface area contributed by atoms with E-state index >= 15 is 0 Å². The maximum atomic E-state index is 14.3. The molecule has 0 aliphatic carbocycles. The molecule has 21 heavy (non-hydrogen) atoms. The average molecular weight is 310 g/mol. The molecule has 0 aliphatic heterocycles. The van der Waals surface area contributed by atoms with Crippen molar-refractivity contribution in [1.82, 2.24) is 0 Å². The van der Waals surface area contributed by atoms with Gasteiger partial charge in [0, 0.05) is 13.6 Å². The first-order valence-corrected chi connectivity index (χ1v) is 6.68. The maximum Gasteiger partial charge on any atom is 0.169 e. The molecule has 0 spiro atoms. The monoisotopic (exact) mass is 309 g/mol. The summed E-state index contributed by atoms with van der Waals surface area (Å²) in [6.45, 7) is 0.457. The lowest BCUT2D eigenvalue weighted by Gasteiger charge is -2.23. The van der Waals surface area contributed by atoms with E-state index in [1.165, 1.54) is 6.07 Å². The van der Waals surface area contributed by atoms with E-state index in [0.717, 1.165) is 11.3 Å². The Morgan fingerprint density at radius 3 is 2.62 bits per heavy atom. The third-order valence-electron chi connectivity index (χ3n) is 3.17. The Labute approximate surface area is 128 Å². The molecule has 2 rings (SSSR count). The zero-order valence-corrected chi connectivity index (χ0v) is 12.6. The first-order valence-electron chi connectivity index (χ1n) is 6.31. The molecule has 0 unspecified atom stereocenters. The Morgan fingerprint density at radius 1 is 1.24 bits per heavy atom. The predicted molar refractivity (Wildman–Crippen MR) is 85.3 cm³/mol. The topological polar surface area (TPSA) is 64.5 Å². The highest BCUT2D eigenvalue weighted by atomic mass is 35.5. The Kier molecular flexibility index (Phi) is 4.43. The number of hydrogen-bond acceptors (Lipinski definition) is 4. The van der Waals surface area contributed by atoms with Gasteiger partial charge >= 0.3 is 0 Å². The summed E-state index contributed by atoms with van der Waals surface area (Å²) in [5.41, 5.74) is 13.0. The second-order valence-corrected chi connectivity index (χ2v) is 5.12. The molecule has 6 heteroatoms. The molecule has 0 aromatic heterocycles. The van der Waals surface area contributed by atoms with Gasteiger partial charge in [-0.15, -0.1) is 0 Å². The quantitative estimate of drug-likeness (QED) is 0.851. The van der Waals surface area contributed by atoms with Crippen LogP contribution in [-0.4, -0.2) is 14.2 Å². The number of nitrogens with zero attached hydrogens (tertiary/aromatic N) is 1. The minimum Gasteiger partial charge on any atom is -0.497 e. The Balaban J connectivity index is 2.32. The summed E-state index contributed by atoms with van der Waals surface area (Å²) in [5, 5.41) is -0.114. The summed E-state index contributed by atoms with van der Waals surface area (Å²) < 4.78 is 19.4. The molecular weight excluding hydrogens is 293 g/mol. The Hall–Kier alpha value is -2.14. The number of anilines is 3. The van der Waals surface area contributed by atoms with Crippen molar-refractivity contribution in [2.45, 2.75) is 6.54 Å². The number of halogens is 2. The lowest BCUT2D eigenvalue weighted by molar-refractivity contribution is 0.414. The maximum absolute atomic E-state index is 14.3. The van der Waals surface area contributed by atoms with Crippen molar-refractivity contribution in [1.29, 1.82) is 0 Å². The highest BCUT2D eigenvalue weighted by molar-refractivity contribution is 6.33. The number of ether oxygens (including phenoxy) is 1. The van der Waals surface area contributed by atoms with E-state index in [-0.39, 0.29) is 22.1 Å². The van der Waals surface area contributed by atoms with Gasteiger partial charge in [-0.05, 0) is 23.8 Å². The number of methoxy groups -OCH3 is 1. The van der Waals surface area contributed by atoms with E-state index in [0.29, 0.717) is 6.54 Å². The summed E-state index contributed by atoms with van der Waals surface area (Å²) >= 11 is 5.85. The van der Waals surface area contributed by atoms with Crippen molar-refractivity contribution in [3.8, 4) is 5.75 Å². The zero-order chi connectivity index (χ0) is 15.6. The van der Waals surface area contributed by atoms with E-state index < -0.39 is 5.82 Å². The van der Waals surface area contributed by atoms with Gasteiger partial charge in [0.05, 0.1) is 24.2 Å². The van der Waals surface area contributed by atoms with Crippen LogP contribution in [0.3, 0.4) is 0 Å². The molecule has 0 bridgehead atoms. The Morgan fingerprint density at radius 2 is 1.95 bits per heavy atom. The van der Waals surface area contributed by atoms with Gasteiger partial charge in [0.2, 0.25) is 0 Å². The molecule has 112 valence electrons. The SMILES string of the molecule is COc1cccc(CN(C)c2c(N)cc(N)c(Cl)c2F)c1. The van der Waals surface area contributed by atoms with E-state index in [2.05, 4.69) is 0 Å². The highest BCUT2D eigenvalue weighted by Crippen LogP contribution is 2.36. The lowest BCUT2D eigenvalue weighted by atomic mass is 10.1. The predicted octanol–water partition coefficient (Wildman–Crippen LogP) is 3.29. The number of benzene rings is 2. The molecule has 0 saturated carbocycles. The minimum absolute atomic E-state index is 0.114. The molecule has 4 N–H and O–H groups in total. The fourth-order valence-electron chi connectivity index (χ4n) is 2.17. The summed E-state index contributed by atoms with van der Waals surface area (Å²) in [7, 11) is 3.33. The standard InChI is InChI=1S/C15H17ClFN3O/c1-20(8-9-4-3-5-10(6-9)21-2)15-12(19)7-11(18)13(16)14(15)17/h3-7H,8,18-19H2,1-2H3. The normalized spacial score (nSPS) is 10.5. The van der Waals surface area contributed by atoms with Gasteiger partial charge in [0.25, 0.3) is 0 Å². The first-order chi connectivity index (χ1) is 9.93. The largest absolute Gasteiger partial charge is 0.497 e. The summed E-state index contributed by atoms with van der Waals surface area (Å²) in [6, 6.07) is 8.98. The van der Waals surface area contributed by atoms with E-state index in [4.69, 9.17) is 27.8 Å². The number of rotatable bonds is 4. The molecular formula is C15H17ClFN3O. The third-order valence-corrected chi connectivity index (χ3v) is 3.56. The van der Waals surface area contributed by atoms with Crippen molar-refractivity contribution in [3.63, 3.8) is 0 Å². The van der Waals surface area contributed by atoms with Crippen LogP contribution in [0.25, 0.3) is 0 Å². The zero-order valence-electron chi connectivity index (χ0n) is 11.9. The summed E-state index contributed by atoms with van der Waals surface area (Å²) in [4.78, 5) is 1.69. The Bertz CT molecular complexity index is 664. The van der Waals surface area contributed by atoms with Crippen LogP contribution in [0.4, 0.5) is 21.5 Å². The van der Waals surface area contributed by atoms with Gasteiger partial charge in [-0.1, -0.05) is 23.7 Å². The van der Waals surface area contributed by atoms with Gasteiger partial charge < -0.3 is 21.1 Å². The minimum atomic E-state index is -0.612. The van der Waals surface area contributed by atoms with Crippen LogP contribution in [0, 0.1) is 5.82 Å². The molecule has 2 aromatic rings. The molecule has 0 saturated heterocycles. The second-order valence-electron chi connectivity index (χ2n) is 4.74. The third kappa shape index (κ3) is 3.13. The van der Waals surface area contributed by atoms with Gasteiger partial charge in [0.1, 0.15) is 10.8 Å². The second kappa shape index (κ2) is 6.10. The molecule has 2 aromatic carbocycles. The molecule has 0 atom stereocenters. The number of nitrogen functional groups attached to an aromatic ring is 2. The van der Waals surface area contributed by atoms with E-state index in [9.17, 15) is 4.39 Å². The van der Waals surface area contributed by atoms with Gasteiger partial charge in [-0.3, -0.25) is 0 Å². The number of hydrogen-bond donors (Lipinski definition) is 2. The fourth-order valence-corrected chi connectivity index (χ4v) is 2.31. The van der Waals surface area contributed by atoms with E-state index in [1.807, 2.05) is 24.3 Å². The van der Waals surface area contributed by atoms with Crippen molar-refractivity contribution < 1.29 is 9.13 Å².